The van der Waals surface area contributed by atoms with Crippen molar-refractivity contribution in [2.24, 2.45) is 0 Å². The van der Waals surface area contributed by atoms with Crippen molar-refractivity contribution < 1.29 is 36.6 Å². The molecule has 2 saturated heterocycles. The summed E-state index contributed by atoms with van der Waals surface area (Å²) >= 11 is 5.50. The number of alkyl halides is 3. The highest BCUT2D eigenvalue weighted by Gasteiger charge is 2.51. The minimum Gasteiger partial charge on any atom is -0.489 e. The fourth-order valence-electron chi connectivity index (χ4n) is 4.91. The Morgan fingerprint density at radius 3 is 2.31 bits per heavy atom. The molecule has 42 heavy (non-hydrogen) atoms. The number of methoxy groups -OCH3 is 1. The average Bonchev–Trinajstić information content (AvgIpc) is 3.12. The quantitative estimate of drug-likeness (QED) is 0.253. The third-order valence-electron chi connectivity index (χ3n) is 7.24. The maximum Gasteiger partial charge on any atom is 0.417 e. The van der Waals surface area contributed by atoms with Gasteiger partial charge in [0.1, 0.15) is 12.1 Å². The number of halogens is 4. The van der Waals surface area contributed by atoms with Gasteiger partial charge in [-0.05, 0) is 56.4 Å². The summed E-state index contributed by atoms with van der Waals surface area (Å²) in [5.41, 5.74) is -3.06. The van der Waals surface area contributed by atoms with Gasteiger partial charge in [0.25, 0.3) is 5.91 Å². The average molecular weight is 608 g/mol. The number of ether oxygens (including phenoxy) is 2. The molecule has 0 saturated carbocycles. The number of rotatable bonds is 8. The molecular formula is C28H29F4N5O4S. The Morgan fingerprint density at radius 2 is 1.71 bits per heavy atom. The third kappa shape index (κ3) is 6.33. The largest absolute Gasteiger partial charge is 0.489 e. The van der Waals surface area contributed by atoms with E-state index in [1.807, 2.05) is 4.90 Å². The lowest BCUT2D eigenvalue weighted by Crippen LogP contribution is -2.48. The summed E-state index contributed by atoms with van der Waals surface area (Å²) in [6.07, 6.45) is -4.82. The molecule has 0 atom stereocenters. The lowest BCUT2D eigenvalue weighted by atomic mass is 10.0. The number of hydrogen-bond donors (Lipinski definition) is 0. The number of benzene rings is 2. The minimum absolute atomic E-state index is 0.00362. The summed E-state index contributed by atoms with van der Waals surface area (Å²) in [5, 5.41) is 8.96. The van der Waals surface area contributed by atoms with E-state index in [0.29, 0.717) is 25.7 Å². The van der Waals surface area contributed by atoms with Gasteiger partial charge in [0.15, 0.2) is 16.7 Å². The Hall–Kier alpha value is -3.80. The van der Waals surface area contributed by atoms with Crippen molar-refractivity contribution in [3.05, 3.63) is 53.3 Å². The van der Waals surface area contributed by atoms with Crippen LogP contribution in [-0.2, 0) is 20.5 Å². The van der Waals surface area contributed by atoms with Crippen LogP contribution in [0.25, 0.3) is 0 Å². The number of carbonyl (C=O) groups excluding carboxylic acids is 2. The summed E-state index contributed by atoms with van der Waals surface area (Å²) in [5.74, 6) is -1.60. The molecule has 0 N–H and O–H groups in total. The molecular weight excluding hydrogens is 578 g/mol. The number of anilines is 2. The molecule has 0 spiro atoms. The van der Waals surface area contributed by atoms with E-state index in [4.69, 9.17) is 27.0 Å². The van der Waals surface area contributed by atoms with Crippen LogP contribution in [0.2, 0.25) is 0 Å². The third-order valence-corrected chi connectivity index (χ3v) is 7.60. The molecule has 14 heteroatoms. The second-order valence-corrected chi connectivity index (χ2v) is 10.7. The van der Waals surface area contributed by atoms with Gasteiger partial charge >= 0.3 is 12.1 Å². The van der Waals surface area contributed by atoms with Crippen LogP contribution in [0.4, 0.5) is 28.9 Å². The highest BCUT2D eigenvalue weighted by Crippen LogP contribution is 2.40. The number of esters is 1. The number of nitriles is 1. The summed E-state index contributed by atoms with van der Waals surface area (Å²) in [7, 11) is 1.35. The van der Waals surface area contributed by atoms with Gasteiger partial charge in [-0.3, -0.25) is 24.3 Å². The number of piperazine rings is 1. The first kappa shape index (κ1) is 31.1. The predicted octanol–water partition coefficient (Wildman–Crippen LogP) is 3.80. The normalized spacial score (nSPS) is 17.9. The molecule has 2 aliphatic rings. The van der Waals surface area contributed by atoms with Crippen LogP contribution in [-0.4, -0.2) is 85.3 Å². The molecule has 1 amide bonds. The van der Waals surface area contributed by atoms with E-state index in [0.717, 1.165) is 30.1 Å². The number of thiocarbonyl (C=S) groups is 1. The second kappa shape index (κ2) is 12.2. The van der Waals surface area contributed by atoms with E-state index in [9.17, 15) is 22.8 Å². The van der Waals surface area contributed by atoms with Gasteiger partial charge < -0.3 is 14.4 Å². The van der Waals surface area contributed by atoms with Crippen LogP contribution in [0.5, 0.6) is 5.75 Å². The van der Waals surface area contributed by atoms with E-state index in [1.54, 1.807) is 0 Å². The lowest BCUT2D eigenvalue weighted by molar-refractivity contribution is -0.142. The van der Waals surface area contributed by atoms with Gasteiger partial charge in [0, 0.05) is 44.5 Å². The van der Waals surface area contributed by atoms with Crippen LogP contribution in [0, 0.1) is 17.1 Å². The highest BCUT2D eigenvalue weighted by atomic mass is 32.1. The Labute approximate surface area is 245 Å². The van der Waals surface area contributed by atoms with Gasteiger partial charge in [0.2, 0.25) is 0 Å². The monoisotopic (exact) mass is 607 g/mol. The Bertz CT molecular complexity index is 1420. The van der Waals surface area contributed by atoms with Gasteiger partial charge in [-0.25, -0.2) is 4.39 Å². The summed E-state index contributed by atoms with van der Waals surface area (Å²) in [6.45, 7) is 6.89. The molecule has 2 fully saturated rings. The van der Waals surface area contributed by atoms with Crippen molar-refractivity contribution in [3.8, 4) is 11.8 Å². The fraction of sp³-hybridized carbons (Fsp3) is 0.429. The van der Waals surface area contributed by atoms with Crippen molar-refractivity contribution in [2.45, 2.75) is 25.6 Å². The first-order chi connectivity index (χ1) is 19.8. The molecule has 224 valence electrons. The number of hydrogen-bond acceptors (Lipinski definition) is 8. The molecule has 0 bridgehead atoms. The van der Waals surface area contributed by atoms with E-state index in [-0.39, 0.29) is 41.4 Å². The van der Waals surface area contributed by atoms with E-state index in [2.05, 4.69) is 4.90 Å². The molecule has 4 rings (SSSR count). The molecule has 2 aromatic rings. The second-order valence-electron chi connectivity index (χ2n) is 10.3. The summed E-state index contributed by atoms with van der Waals surface area (Å²) in [6, 6.07) is 8.51. The van der Waals surface area contributed by atoms with Crippen molar-refractivity contribution in [1.82, 2.24) is 9.80 Å². The van der Waals surface area contributed by atoms with Crippen LogP contribution in [0.3, 0.4) is 0 Å². The van der Waals surface area contributed by atoms with Gasteiger partial charge in [-0.15, -0.1) is 0 Å². The molecule has 9 nitrogen and oxygen atoms in total. The summed E-state index contributed by atoms with van der Waals surface area (Å²) < 4.78 is 66.2. The first-order valence-electron chi connectivity index (χ1n) is 13.0. The van der Waals surface area contributed by atoms with Gasteiger partial charge in [0.05, 0.1) is 36.5 Å². The van der Waals surface area contributed by atoms with Crippen molar-refractivity contribution >= 4 is 40.6 Å². The fourth-order valence-corrected chi connectivity index (χ4v) is 5.43. The molecule has 0 aliphatic carbocycles. The maximum absolute atomic E-state index is 15.1. The zero-order valence-corrected chi connectivity index (χ0v) is 24.0. The molecule has 0 unspecified atom stereocenters. The Morgan fingerprint density at radius 1 is 1.07 bits per heavy atom. The molecule has 0 radical (unpaired) electrons. The number of amides is 1. The molecule has 2 aliphatic heterocycles. The molecule has 2 heterocycles. The van der Waals surface area contributed by atoms with E-state index >= 15 is 4.39 Å². The SMILES string of the molecule is COC(=O)CN1CCN(CCOc2ccc(N3C(=S)N(c4ccc(C#N)c(C(F)(F)F)c4)C(=O)C3(C)C)cc2F)CC1. The predicted molar refractivity (Wildman–Crippen MR) is 150 cm³/mol. The Kier molecular flexibility index (Phi) is 9.05. The number of nitrogens with zero attached hydrogens (tertiary/aromatic N) is 5. The van der Waals surface area contributed by atoms with Crippen LogP contribution >= 0.6 is 12.2 Å². The van der Waals surface area contributed by atoms with Crippen LogP contribution in [0.15, 0.2) is 36.4 Å². The van der Waals surface area contributed by atoms with Gasteiger partial charge in [-0.1, -0.05) is 0 Å². The van der Waals surface area contributed by atoms with Crippen LogP contribution in [0.1, 0.15) is 25.0 Å². The van der Waals surface area contributed by atoms with Crippen LogP contribution < -0.4 is 14.5 Å². The maximum atomic E-state index is 15.1. The number of carbonyl (C=O) groups is 2. The zero-order valence-electron chi connectivity index (χ0n) is 23.2. The smallest absolute Gasteiger partial charge is 0.417 e. The lowest BCUT2D eigenvalue weighted by Gasteiger charge is -2.33. The molecule has 2 aromatic carbocycles. The van der Waals surface area contributed by atoms with Crippen molar-refractivity contribution in [3.63, 3.8) is 0 Å². The molecule has 0 aromatic heterocycles. The standard InChI is InChI=1S/C28H29F4N5O4S/c1-27(2)25(39)36(19-5-4-18(16-33)21(14-19)28(30,31)32)26(42)37(27)20-6-7-23(22(29)15-20)41-13-12-34-8-10-35(11-9-34)17-24(38)40-3/h4-7,14-15H,8-13,17H2,1-3H3. The van der Waals surface area contributed by atoms with E-state index < -0.39 is 34.6 Å². The Balaban J connectivity index is 1.44. The first-order valence-corrected chi connectivity index (χ1v) is 13.4. The van der Waals surface area contributed by atoms with E-state index in [1.165, 1.54) is 50.1 Å². The van der Waals surface area contributed by atoms with Crippen molar-refractivity contribution in [1.29, 1.82) is 5.26 Å². The summed E-state index contributed by atoms with van der Waals surface area (Å²) in [4.78, 5) is 31.3. The van der Waals surface area contributed by atoms with Crippen molar-refractivity contribution in [2.75, 3.05) is 62.8 Å². The minimum atomic E-state index is -4.82. The van der Waals surface area contributed by atoms with Gasteiger partial charge in [-0.2, -0.15) is 18.4 Å². The topological polar surface area (TPSA) is 89.3 Å². The zero-order chi connectivity index (χ0) is 30.8. The highest BCUT2D eigenvalue weighted by molar-refractivity contribution is 7.81.